The van der Waals surface area contributed by atoms with Gasteiger partial charge in [-0.25, -0.2) is 0 Å². The fourth-order valence-electron chi connectivity index (χ4n) is 1.02. The van der Waals surface area contributed by atoms with Crippen LogP contribution in [-0.2, 0) is 0 Å². The number of ether oxygens (including phenoxy) is 1. The smallest absolute Gasteiger partial charge is 0.405 e. The zero-order valence-electron chi connectivity index (χ0n) is 7.84. The Kier molecular flexibility index (Phi) is 3.41. The van der Waals surface area contributed by atoms with Crippen LogP contribution in [0.2, 0.25) is 0 Å². The first-order valence-electron chi connectivity index (χ1n) is 3.91. The Morgan fingerprint density at radius 1 is 1.44 bits per heavy atom. The van der Waals surface area contributed by atoms with Gasteiger partial charge < -0.3 is 4.74 Å². The van der Waals surface area contributed by atoms with Crippen molar-refractivity contribution < 1.29 is 22.8 Å². The highest BCUT2D eigenvalue weighted by molar-refractivity contribution is 9.10. The molecule has 88 valence electrons. The summed E-state index contributed by atoms with van der Waals surface area (Å²) in [5.41, 5.74) is -0.334. The van der Waals surface area contributed by atoms with Crippen LogP contribution in [0.15, 0.2) is 16.6 Å². The van der Waals surface area contributed by atoms with E-state index in [9.17, 15) is 23.3 Å². The van der Waals surface area contributed by atoms with E-state index in [0.29, 0.717) is 0 Å². The Morgan fingerprint density at radius 3 is 2.44 bits per heavy atom. The van der Waals surface area contributed by atoms with Gasteiger partial charge in [0.15, 0.2) is 0 Å². The molecule has 1 aromatic rings. The number of hydrogen-bond donors (Lipinski definition) is 0. The Bertz CT molecular complexity index is 433. The fraction of sp³-hybridized carbons (Fsp3) is 0.250. The summed E-state index contributed by atoms with van der Waals surface area (Å²) in [6.45, 7) is 1.36. The number of nitro groups is 1. The zero-order valence-corrected chi connectivity index (χ0v) is 9.42. The van der Waals surface area contributed by atoms with E-state index in [1.54, 1.807) is 0 Å². The minimum absolute atomic E-state index is 0.101. The SMILES string of the molecule is Cc1cc(Br)c([N+](=O)[O-])cc1OC(F)(F)F. The molecular weight excluding hydrogens is 295 g/mol. The molecule has 0 fully saturated rings. The van der Waals surface area contributed by atoms with Crippen LogP contribution in [-0.4, -0.2) is 11.3 Å². The highest BCUT2D eigenvalue weighted by Gasteiger charge is 2.32. The van der Waals surface area contributed by atoms with Gasteiger partial charge in [0.2, 0.25) is 0 Å². The molecule has 0 amide bonds. The number of halogens is 4. The molecule has 0 aliphatic carbocycles. The number of hydrogen-bond acceptors (Lipinski definition) is 3. The largest absolute Gasteiger partial charge is 0.573 e. The monoisotopic (exact) mass is 299 g/mol. The number of rotatable bonds is 2. The van der Waals surface area contributed by atoms with Crippen molar-refractivity contribution in [3.8, 4) is 5.75 Å². The molecule has 1 rings (SSSR count). The van der Waals surface area contributed by atoms with Crippen molar-refractivity contribution in [3.63, 3.8) is 0 Å². The van der Waals surface area contributed by atoms with Crippen molar-refractivity contribution in [2.75, 3.05) is 0 Å². The summed E-state index contributed by atoms with van der Waals surface area (Å²) in [7, 11) is 0. The van der Waals surface area contributed by atoms with E-state index in [4.69, 9.17) is 0 Å². The summed E-state index contributed by atoms with van der Waals surface area (Å²) in [6.07, 6.45) is -4.87. The molecule has 0 saturated heterocycles. The Hall–Kier alpha value is -1.31. The molecule has 0 bridgehead atoms. The molecule has 0 aromatic heterocycles. The highest BCUT2D eigenvalue weighted by atomic mass is 79.9. The van der Waals surface area contributed by atoms with Crippen molar-refractivity contribution in [1.82, 2.24) is 0 Å². The fourth-order valence-corrected chi connectivity index (χ4v) is 1.62. The summed E-state index contributed by atoms with van der Waals surface area (Å²) >= 11 is 2.88. The minimum atomic E-state index is -4.87. The number of alkyl halides is 3. The predicted molar refractivity (Wildman–Crippen MR) is 52.2 cm³/mol. The Labute approximate surface area is 96.3 Å². The van der Waals surface area contributed by atoms with Crippen molar-refractivity contribution in [2.45, 2.75) is 13.3 Å². The van der Waals surface area contributed by atoms with Gasteiger partial charge in [0, 0.05) is 0 Å². The zero-order chi connectivity index (χ0) is 12.5. The van der Waals surface area contributed by atoms with Crippen molar-refractivity contribution >= 4 is 21.6 Å². The van der Waals surface area contributed by atoms with Gasteiger partial charge in [0.1, 0.15) is 5.75 Å². The summed E-state index contributed by atoms with van der Waals surface area (Å²) in [5, 5.41) is 10.5. The van der Waals surface area contributed by atoms with Crippen LogP contribution in [0.3, 0.4) is 0 Å². The second-order valence-electron chi connectivity index (χ2n) is 2.87. The van der Waals surface area contributed by atoms with E-state index in [1.807, 2.05) is 0 Å². The molecule has 0 heterocycles. The van der Waals surface area contributed by atoms with E-state index in [0.717, 1.165) is 6.07 Å². The van der Waals surface area contributed by atoms with Crippen molar-refractivity contribution in [3.05, 3.63) is 32.3 Å². The van der Waals surface area contributed by atoms with E-state index in [2.05, 4.69) is 20.7 Å². The minimum Gasteiger partial charge on any atom is -0.405 e. The molecule has 0 saturated carbocycles. The summed E-state index contributed by atoms with van der Waals surface area (Å²) in [5.74, 6) is -0.581. The third-order valence-electron chi connectivity index (χ3n) is 1.67. The van der Waals surface area contributed by atoms with Crippen LogP contribution in [0, 0.1) is 17.0 Å². The van der Waals surface area contributed by atoms with Crippen LogP contribution < -0.4 is 4.74 Å². The molecular formula is C8H5BrF3NO3. The number of aryl methyl sites for hydroxylation is 1. The van der Waals surface area contributed by atoms with E-state index >= 15 is 0 Å². The third-order valence-corrected chi connectivity index (χ3v) is 2.30. The van der Waals surface area contributed by atoms with Crippen LogP contribution >= 0.6 is 15.9 Å². The third kappa shape index (κ3) is 3.09. The maximum Gasteiger partial charge on any atom is 0.573 e. The van der Waals surface area contributed by atoms with E-state index < -0.39 is 22.7 Å². The maximum atomic E-state index is 12.0. The second-order valence-corrected chi connectivity index (χ2v) is 3.73. The van der Waals surface area contributed by atoms with E-state index in [1.165, 1.54) is 13.0 Å². The highest BCUT2D eigenvalue weighted by Crippen LogP contribution is 2.34. The van der Waals surface area contributed by atoms with Gasteiger partial charge in [0.05, 0.1) is 15.5 Å². The molecule has 0 aliphatic rings. The van der Waals surface area contributed by atoms with Gasteiger partial charge in [-0.05, 0) is 34.5 Å². The molecule has 0 unspecified atom stereocenters. The number of nitro benzene ring substituents is 1. The molecule has 0 spiro atoms. The lowest BCUT2D eigenvalue weighted by Gasteiger charge is -2.11. The Balaban J connectivity index is 3.20. The topological polar surface area (TPSA) is 52.4 Å². The maximum absolute atomic E-state index is 12.0. The molecule has 0 N–H and O–H groups in total. The number of benzene rings is 1. The first-order chi connectivity index (χ1) is 7.20. The molecule has 0 atom stereocenters. The quantitative estimate of drug-likeness (QED) is 0.620. The lowest BCUT2D eigenvalue weighted by molar-refractivity contribution is -0.385. The van der Waals surface area contributed by atoms with Crippen molar-refractivity contribution in [1.29, 1.82) is 0 Å². The molecule has 1 aromatic carbocycles. The average Bonchev–Trinajstić information content (AvgIpc) is 2.07. The van der Waals surface area contributed by atoms with Gasteiger partial charge in [-0.15, -0.1) is 13.2 Å². The Morgan fingerprint density at radius 2 is 2.00 bits per heavy atom. The molecule has 0 radical (unpaired) electrons. The number of nitrogens with zero attached hydrogens (tertiary/aromatic N) is 1. The summed E-state index contributed by atoms with van der Waals surface area (Å²) in [6, 6.07) is 1.92. The van der Waals surface area contributed by atoms with Crippen LogP contribution in [0.4, 0.5) is 18.9 Å². The van der Waals surface area contributed by atoms with Gasteiger partial charge in [-0.3, -0.25) is 10.1 Å². The van der Waals surface area contributed by atoms with Crippen LogP contribution in [0.1, 0.15) is 5.56 Å². The first-order valence-corrected chi connectivity index (χ1v) is 4.70. The summed E-state index contributed by atoms with van der Waals surface area (Å²) in [4.78, 5) is 9.69. The summed E-state index contributed by atoms with van der Waals surface area (Å²) < 4.78 is 39.6. The normalized spacial score (nSPS) is 11.3. The van der Waals surface area contributed by atoms with Crippen LogP contribution in [0.5, 0.6) is 5.75 Å². The molecule has 4 nitrogen and oxygen atoms in total. The van der Waals surface area contributed by atoms with Gasteiger partial charge in [0.25, 0.3) is 5.69 Å². The van der Waals surface area contributed by atoms with Crippen LogP contribution in [0.25, 0.3) is 0 Å². The molecule has 8 heteroatoms. The van der Waals surface area contributed by atoms with Gasteiger partial charge >= 0.3 is 6.36 Å². The molecule has 16 heavy (non-hydrogen) atoms. The van der Waals surface area contributed by atoms with Gasteiger partial charge in [-0.2, -0.15) is 0 Å². The molecule has 0 aliphatic heterocycles. The first kappa shape index (κ1) is 12.8. The lowest BCUT2D eigenvalue weighted by atomic mass is 10.2. The van der Waals surface area contributed by atoms with E-state index in [-0.39, 0.29) is 10.0 Å². The predicted octanol–water partition coefficient (Wildman–Crippen LogP) is 3.56. The lowest BCUT2D eigenvalue weighted by Crippen LogP contribution is -2.17. The van der Waals surface area contributed by atoms with Crippen molar-refractivity contribution in [2.24, 2.45) is 0 Å². The second kappa shape index (κ2) is 4.28. The van der Waals surface area contributed by atoms with Gasteiger partial charge in [-0.1, -0.05) is 0 Å². The standard InChI is InChI=1S/C8H5BrF3NO3/c1-4-2-5(9)6(13(14)15)3-7(4)16-8(10,11)12/h2-3H,1H3. The average molecular weight is 300 g/mol.